The molecule has 2 aliphatic rings. The van der Waals surface area contributed by atoms with Crippen molar-refractivity contribution < 1.29 is 22.0 Å². The zero-order chi connectivity index (χ0) is 27.0. The van der Waals surface area contributed by atoms with Crippen LogP contribution >= 0.6 is 11.6 Å². The average Bonchev–Trinajstić information content (AvgIpc) is 3.71. The summed E-state index contributed by atoms with van der Waals surface area (Å²) < 4.78 is 40.0. The highest BCUT2D eigenvalue weighted by atomic mass is 35.5. The Morgan fingerprint density at radius 3 is 2.56 bits per heavy atom. The molecule has 1 N–H and O–H groups in total. The molecule has 2 aromatic heterocycles. The number of furan rings is 2. The molecule has 1 aliphatic carbocycles. The number of carbonyl (C=O) groups excluding carboxylic acids is 1. The molecule has 1 amide bonds. The van der Waals surface area contributed by atoms with Gasteiger partial charge in [0.2, 0.25) is 0 Å². The molecule has 0 radical (unpaired) electrons. The van der Waals surface area contributed by atoms with Crippen molar-refractivity contribution >= 4 is 45.0 Å². The van der Waals surface area contributed by atoms with E-state index in [9.17, 15) is 13.2 Å². The van der Waals surface area contributed by atoms with E-state index in [1.807, 2.05) is 24.3 Å². The van der Waals surface area contributed by atoms with Crippen molar-refractivity contribution in [3.63, 3.8) is 0 Å². The van der Waals surface area contributed by atoms with Crippen LogP contribution in [0.4, 0.5) is 5.69 Å². The summed E-state index contributed by atoms with van der Waals surface area (Å²) in [5, 5.41) is 6.73. The highest BCUT2D eigenvalue weighted by Gasteiger charge is 2.45. The van der Waals surface area contributed by atoms with E-state index in [-0.39, 0.29) is 16.4 Å². The molecule has 2 aromatic carbocycles. The second kappa shape index (κ2) is 10.2. The van der Waals surface area contributed by atoms with Gasteiger partial charge in [-0.3, -0.25) is 9.52 Å². The van der Waals surface area contributed by atoms with Crippen LogP contribution in [-0.4, -0.2) is 25.0 Å². The van der Waals surface area contributed by atoms with E-state index in [1.54, 1.807) is 55.0 Å². The Labute approximate surface area is 230 Å². The van der Waals surface area contributed by atoms with Gasteiger partial charge in [0, 0.05) is 22.2 Å². The number of hydrazone groups is 1. The van der Waals surface area contributed by atoms with Crippen molar-refractivity contribution in [2.45, 2.75) is 30.2 Å². The number of hydrogen-bond acceptors (Lipinski definition) is 6. The van der Waals surface area contributed by atoms with E-state index >= 15 is 0 Å². The van der Waals surface area contributed by atoms with Crippen LogP contribution in [0.1, 0.15) is 47.2 Å². The molecule has 0 bridgehead atoms. The van der Waals surface area contributed by atoms with E-state index in [0.717, 1.165) is 36.3 Å². The lowest BCUT2D eigenvalue weighted by molar-refractivity contribution is 0.0656. The second-order valence-electron chi connectivity index (χ2n) is 9.42. The van der Waals surface area contributed by atoms with E-state index in [2.05, 4.69) is 4.72 Å². The topological polar surface area (TPSA) is 105 Å². The largest absolute Gasteiger partial charge is 0.467 e. The first-order valence-corrected chi connectivity index (χ1v) is 14.3. The summed E-state index contributed by atoms with van der Waals surface area (Å²) in [6.45, 7) is 0. The Bertz CT molecular complexity index is 1660. The van der Waals surface area contributed by atoms with Gasteiger partial charge in [-0.05, 0) is 97.6 Å². The lowest BCUT2D eigenvalue weighted by Crippen LogP contribution is -2.31. The number of benzene rings is 2. The predicted molar refractivity (Wildman–Crippen MR) is 148 cm³/mol. The van der Waals surface area contributed by atoms with Crippen molar-refractivity contribution in [2.24, 2.45) is 11.0 Å². The molecule has 198 valence electrons. The Morgan fingerprint density at radius 2 is 1.82 bits per heavy atom. The molecular formula is C29H24ClN3O5S. The SMILES string of the molecule is O=C(c1cccc(S(=O)(=O)Nc2ccc(Cl)cc2)c1)N1N=C2/C(=C/c3ccco3)CCC[C@@H]2[C@@H]1c1ccco1. The van der Waals surface area contributed by atoms with E-state index in [1.165, 1.54) is 17.1 Å². The lowest BCUT2D eigenvalue weighted by Gasteiger charge is -2.27. The Morgan fingerprint density at radius 1 is 1.03 bits per heavy atom. The number of carbonyl (C=O) groups is 1. The van der Waals surface area contributed by atoms with Gasteiger partial charge in [-0.15, -0.1) is 0 Å². The van der Waals surface area contributed by atoms with E-state index < -0.39 is 22.0 Å². The molecule has 0 unspecified atom stereocenters. The average molecular weight is 562 g/mol. The predicted octanol–water partition coefficient (Wildman–Crippen LogP) is 6.76. The number of rotatable bonds is 6. The Kier molecular flexibility index (Phi) is 6.62. The van der Waals surface area contributed by atoms with Crippen molar-refractivity contribution in [2.75, 3.05) is 4.72 Å². The maximum Gasteiger partial charge on any atom is 0.274 e. The number of fused-ring (bicyclic) bond motifs is 1. The minimum Gasteiger partial charge on any atom is -0.467 e. The molecule has 6 rings (SSSR count). The van der Waals surface area contributed by atoms with E-state index in [4.69, 9.17) is 25.5 Å². The second-order valence-corrected chi connectivity index (χ2v) is 11.5. The summed E-state index contributed by atoms with van der Waals surface area (Å²) >= 11 is 5.91. The minimum atomic E-state index is -3.96. The first kappa shape index (κ1) is 25.2. The maximum atomic E-state index is 13.9. The Hall–Kier alpha value is -4.08. The van der Waals surface area contributed by atoms with E-state index in [0.29, 0.717) is 16.5 Å². The number of sulfonamides is 1. The minimum absolute atomic E-state index is 0.0412. The highest BCUT2D eigenvalue weighted by Crippen LogP contribution is 2.45. The summed E-state index contributed by atoms with van der Waals surface area (Å²) in [5.74, 6) is 0.867. The smallest absolute Gasteiger partial charge is 0.274 e. The van der Waals surface area contributed by atoms with Gasteiger partial charge in [-0.25, -0.2) is 13.4 Å². The highest BCUT2D eigenvalue weighted by molar-refractivity contribution is 7.92. The van der Waals surface area contributed by atoms with Crippen molar-refractivity contribution in [1.29, 1.82) is 0 Å². The summed E-state index contributed by atoms with van der Waals surface area (Å²) in [4.78, 5) is 13.9. The standard InChI is InChI=1S/C29H24ClN3O5S/c30-21-11-13-22(14-12-21)32-39(35,36)24-8-1-6-20(18-24)29(34)33-28(26-10-4-16-38-26)25-9-2-5-19(27(25)31-33)17-23-7-3-15-37-23/h1,3-4,6-8,10-18,25,28,32H,2,5,9H2/b19-17+/t25-,28+/m0/s1. The van der Waals surface area contributed by atoms with Gasteiger partial charge in [-0.2, -0.15) is 5.10 Å². The molecule has 2 atom stereocenters. The number of nitrogens with one attached hydrogen (secondary N) is 1. The molecule has 3 heterocycles. The van der Waals surface area contributed by atoms with Gasteiger partial charge in [0.15, 0.2) is 0 Å². The monoisotopic (exact) mass is 561 g/mol. The number of halogens is 1. The first-order chi connectivity index (χ1) is 18.9. The fourth-order valence-electron chi connectivity index (χ4n) is 5.11. The summed E-state index contributed by atoms with van der Waals surface area (Å²) in [7, 11) is -3.96. The molecule has 1 fully saturated rings. The van der Waals surface area contributed by atoms with Gasteiger partial charge in [0.25, 0.3) is 15.9 Å². The van der Waals surface area contributed by atoms with Crippen LogP contribution in [0, 0.1) is 5.92 Å². The van der Waals surface area contributed by atoms with Crippen LogP contribution in [0.3, 0.4) is 0 Å². The number of allylic oxidation sites excluding steroid dienone is 1. The van der Waals surface area contributed by atoms with Crippen LogP contribution in [0.2, 0.25) is 5.02 Å². The van der Waals surface area contributed by atoms with Crippen LogP contribution < -0.4 is 4.72 Å². The van der Waals surface area contributed by atoms with Crippen LogP contribution in [0.5, 0.6) is 0 Å². The number of nitrogens with zero attached hydrogens (tertiary/aromatic N) is 2. The normalized spacial score (nSPS) is 20.1. The van der Waals surface area contributed by atoms with Gasteiger partial charge >= 0.3 is 0 Å². The number of amides is 1. The molecule has 0 saturated heterocycles. The number of hydrogen-bond donors (Lipinski definition) is 1. The quantitative estimate of drug-likeness (QED) is 0.280. The molecular weight excluding hydrogens is 538 g/mol. The summed E-state index contributed by atoms with van der Waals surface area (Å²) in [5.41, 5.74) is 2.39. The third kappa shape index (κ3) is 5.03. The third-order valence-corrected chi connectivity index (χ3v) is 8.52. The van der Waals surface area contributed by atoms with Gasteiger partial charge in [-0.1, -0.05) is 17.7 Å². The molecule has 10 heteroatoms. The summed E-state index contributed by atoms with van der Waals surface area (Å²) in [6.07, 6.45) is 7.74. The van der Waals surface area contributed by atoms with Crippen LogP contribution in [-0.2, 0) is 10.0 Å². The zero-order valence-corrected chi connectivity index (χ0v) is 22.2. The molecule has 0 spiro atoms. The third-order valence-electron chi connectivity index (χ3n) is 6.89. The van der Waals surface area contributed by atoms with Gasteiger partial charge < -0.3 is 8.83 Å². The van der Waals surface area contributed by atoms with Crippen molar-refractivity contribution in [3.05, 3.63) is 113 Å². The van der Waals surface area contributed by atoms with Gasteiger partial charge in [0.05, 0.1) is 23.1 Å². The van der Waals surface area contributed by atoms with Gasteiger partial charge in [0.1, 0.15) is 17.6 Å². The fraction of sp³-hybridized carbons (Fsp3) is 0.172. The number of anilines is 1. The lowest BCUT2D eigenvalue weighted by atomic mass is 9.79. The molecule has 8 nitrogen and oxygen atoms in total. The fourth-order valence-corrected chi connectivity index (χ4v) is 6.34. The Balaban J connectivity index is 1.34. The molecule has 1 saturated carbocycles. The maximum absolute atomic E-state index is 13.9. The van der Waals surface area contributed by atoms with Crippen molar-refractivity contribution in [3.8, 4) is 0 Å². The summed E-state index contributed by atoms with van der Waals surface area (Å²) in [6, 6.07) is 19.1. The molecule has 1 aliphatic heterocycles. The van der Waals surface area contributed by atoms with Crippen LogP contribution in [0.15, 0.2) is 110 Å². The van der Waals surface area contributed by atoms with Crippen LogP contribution in [0.25, 0.3) is 6.08 Å². The molecule has 4 aromatic rings. The van der Waals surface area contributed by atoms with Crippen molar-refractivity contribution in [1.82, 2.24) is 5.01 Å². The molecule has 39 heavy (non-hydrogen) atoms. The first-order valence-electron chi connectivity index (χ1n) is 12.5. The zero-order valence-electron chi connectivity index (χ0n) is 20.7.